The monoisotopic (exact) mass is 562 g/mol. The molecule has 39 heavy (non-hydrogen) atoms. The number of fused-ring (bicyclic) bond motifs is 2. The Bertz CT molecular complexity index is 1670. The summed E-state index contributed by atoms with van der Waals surface area (Å²) >= 11 is 12.3. The first-order valence-electron chi connectivity index (χ1n) is 13.3. The van der Waals surface area contributed by atoms with Gasteiger partial charge >= 0.3 is 0 Å². The second-order valence-electron chi connectivity index (χ2n) is 10.3. The molecule has 0 atom stereocenters. The van der Waals surface area contributed by atoms with E-state index in [0.29, 0.717) is 21.9 Å². The molecule has 5 aromatic rings. The van der Waals surface area contributed by atoms with Crippen molar-refractivity contribution in [2.75, 3.05) is 32.0 Å². The van der Waals surface area contributed by atoms with Crippen LogP contribution in [0, 0.1) is 0 Å². The summed E-state index contributed by atoms with van der Waals surface area (Å²) in [5.41, 5.74) is 11.5. The molecule has 0 bridgehead atoms. The maximum atomic E-state index is 6.41. The number of rotatable bonds is 4. The molecule has 2 aliphatic rings. The van der Waals surface area contributed by atoms with E-state index in [1.165, 1.54) is 6.33 Å². The van der Waals surface area contributed by atoms with Crippen molar-refractivity contribution < 1.29 is 4.74 Å². The fraction of sp³-hybridized carbons (Fsp3) is 0.357. The summed E-state index contributed by atoms with van der Waals surface area (Å²) in [6.07, 6.45) is 5.91. The van der Waals surface area contributed by atoms with Crippen LogP contribution in [-0.4, -0.2) is 67.0 Å². The van der Waals surface area contributed by atoms with Crippen molar-refractivity contribution in [1.29, 1.82) is 0 Å². The number of nitrogens with two attached hydrogens (primary N) is 1. The van der Waals surface area contributed by atoms with Crippen LogP contribution in [0.2, 0.25) is 10.0 Å². The fourth-order valence-corrected chi connectivity index (χ4v) is 6.30. The largest absolute Gasteiger partial charge is 0.383 e. The van der Waals surface area contributed by atoms with E-state index >= 15 is 0 Å². The molecule has 1 aliphatic carbocycles. The Balaban J connectivity index is 1.22. The minimum Gasteiger partial charge on any atom is -0.383 e. The van der Waals surface area contributed by atoms with Crippen LogP contribution in [0.15, 0.2) is 42.7 Å². The summed E-state index contributed by atoms with van der Waals surface area (Å²) in [6, 6.07) is 12.4. The van der Waals surface area contributed by atoms with E-state index in [-0.39, 0.29) is 6.04 Å². The van der Waals surface area contributed by atoms with E-state index in [1.54, 1.807) is 6.07 Å². The molecule has 1 saturated carbocycles. The highest BCUT2D eigenvalue weighted by molar-refractivity contribution is 6.42. The van der Waals surface area contributed by atoms with Gasteiger partial charge in [-0.1, -0.05) is 29.3 Å². The number of imidazole rings is 1. The van der Waals surface area contributed by atoms with Crippen LogP contribution in [-0.2, 0) is 4.74 Å². The van der Waals surface area contributed by atoms with Gasteiger partial charge in [-0.05, 0) is 56.0 Å². The van der Waals surface area contributed by atoms with Gasteiger partial charge in [-0.3, -0.25) is 4.90 Å². The number of aromatic nitrogens is 6. The summed E-state index contributed by atoms with van der Waals surface area (Å²) in [5.74, 6) is 1.15. The molecule has 4 heterocycles. The van der Waals surface area contributed by atoms with Crippen LogP contribution in [0.4, 0.5) is 5.82 Å². The van der Waals surface area contributed by atoms with E-state index < -0.39 is 0 Å². The van der Waals surface area contributed by atoms with Crippen molar-refractivity contribution in [3.63, 3.8) is 0 Å². The SMILES string of the molecule is Nc1ncnc2c1c(-c1ccc3nc(-c4ccc(Cl)c(Cl)c4)[nH]c3c1)nn2[C@H]1CC[C@H](N2CCOCC2)CC1. The predicted octanol–water partition coefficient (Wildman–Crippen LogP) is 5.74. The number of hydrogen-bond donors (Lipinski definition) is 2. The molecule has 0 unspecified atom stereocenters. The lowest BCUT2D eigenvalue weighted by Crippen LogP contribution is -2.45. The molecular weight excluding hydrogens is 535 g/mol. The molecule has 7 rings (SSSR count). The molecule has 200 valence electrons. The van der Waals surface area contributed by atoms with Gasteiger partial charge in [0.1, 0.15) is 23.7 Å². The number of halogens is 2. The van der Waals surface area contributed by atoms with Crippen molar-refractivity contribution in [1.82, 2.24) is 34.6 Å². The van der Waals surface area contributed by atoms with Crippen LogP contribution < -0.4 is 5.73 Å². The molecule has 0 spiro atoms. The number of aromatic amines is 1. The minimum absolute atomic E-state index is 0.269. The number of ether oxygens (including phenoxy) is 1. The van der Waals surface area contributed by atoms with E-state index in [2.05, 4.69) is 30.6 Å². The number of nitrogens with one attached hydrogen (secondary N) is 1. The average Bonchev–Trinajstić information content (AvgIpc) is 3.57. The first-order chi connectivity index (χ1) is 19.0. The molecule has 1 saturated heterocycles. The Labute approximate surface area is 235 Å². The lowest BCUT2D eigenvalue weighted by atomic mass is 9.90. The molecule has 3 aromatic heterocycles. The zero-order valence-electron chi connectivity index (χ0n) is 21.3. The Hall–Kier alpha value is -3.24. The molecule has 3 N–H and O–H groups in total. The van der Waals surface area contributed by atoms with Crippen LogP contribution in [0.1, 0.15) is 31.7 Å². The highest BCUT2D eigenvalue weighted by Crippen LogP contribution is 2.38. The van der Waals surface area contributed by atoms with Gasteiger partial charge in [0.2, 0.25) is 0 Å². The number of morpholine rings is 1. The third-order valence-corrected chi connectivity index (χ3v) is 8.78. The van der Waals surface area contributed by atoms with E-state index in [4.69, 9.17) is 43.8 Å². The Morgan fingerprint density at radius 3 is 2.46 bits per heavy atom. The van der Waals surface area contributed by atoms with Crippen molar-refractivity contribution in [3.8, 4) is 22.6 Å². The van der Waals surface area contributed by atoms with Crippen LogP contribution in [0.3, 0.4) is 0 Å². The lowest BCUT2D eigenvalue weighted by molar-refractivity contribution is 0.00520. The van der Waals surface area contributed by atoms with Crippen molar-refractivity contribution in [3.05, 3.63) is 52.8 Å². The lowest BCUT2D eigenvalue weighted by Gasteiger charge is -2.38. The second-order valence-corrected chi connectivity index (χ2v) is 11.1. The summed E-state index contributed by atoms with van der Waals surface area (Å²) < 4.78 is 7.63. The van der Waals surface area contributed by atoms with Gasteiger partial charge in [-0.2, -0.15) is 5.10 Å². The van der Waals surface area contributed by atoms with Crippen molar-refractivity contribution in [2.24, 2.45) is 0 Å². The normalized spacial score (nSPS) is 20.7. The Morgan fingerprint density at radius 1 is 0.897 bits per heavy atom. The zero-order valence-corrected chi connectivity index (χ0v) is 22.8. The van der Waals surface area contributed by atoms with Gasteiger partial charge in [0, 0.05) is 30.3 Å². The van der Waals surface area contributed by atoms with E-state index in [0.717, 1.165) is 96.7 Å². The smallest absolute Gasteiger partial charge is 0.164 e. The molecule has 0 radical (unpaired) electrons. The minimum atomic E-state index is 0.269. The number of nitrogens with zero attached hydrogens (tertiary/aromatic N) is 6. The van der Waals surface area contributed by atoms with Gasteiger partial charge in [-0.25, -0.2) is 19.6 Å². The topological polar surface area (TPSA) is 111 Å². The van der Waals surface area contributed by atoms with Crippen LogP contribution in [0.5, 0.6) is 0 Å². The van der Waals surface area contributed by atoms with Crippen molar-refractivity contribution in [2.45, 2.75) is 37.8 Å². The quantitative estimate of drug-likeness (QED) is 0.287. The Morgan fingerprint density at radius 2 is 1.67 bits per heavy atom. The van der Waals surface area contributed by atoms with Gasteiger partial charge in [0.15, 0.2) is 5.65 Å². The molecule has 0 amide bonds. The van der Waals surface area contributed by atoms with E-state index in [1.807, 2.05) is 24.3 Å². The van der Waals surface area contributed by atoms with Crippen LogP contribution >= 0.6 is 23.2 Å². The molecular formula is C28H28Cl2N8O. The standard InChI is InChI=1S/C28H28Cl2N8O/c29-20-7-1-17(13-21(20)30)27-34-22-8-2-16(14-23(22)35-27)25-24-26(31)32-15-33-28(24)38(36-25)19-5-3-18(4-6-19)37-9-11-39-12-10-37/h1-2,7-8,13-15,18-19H,3-6,9-12H2,(H,34,35)(H2,31,32,33)/t18-,19-. The maximum Gasteiger partial charge on any atom is 0.164 e. The van der Waals surface area contributed by atoms with Gasteiger partial charge in [-0.15, -0.1) is 0 Å². The van der Waals surface area contributed by atoms with Gasteiger partial charge in [0.25, 0.3) is 0 Å². The van der Waals surface area contributed by atoms with Crippen molar-refractivity contribution >= 4 is 51.1 Å². The van der Waals surface area contributed by atoms with Gasteiger partial charge < -0.3 is 15.5 Å². The fourth-order valence-electron chi connectivity index (χ4n) is 6.00. The summed E-state index contributed by atoms with van der Waals surface area (Å²) in [5, 5.41) is 6.89. The average molecular weight is 563 g/mol. The van der Waals surface area contributed by atoms with Crippen LogP contribution in [0.25, 0.3) is 44.7 Å². The molecule has 2 fully saturated rings. The molecule has 11 heteroatoms. The predicted molar refractivity (Wildman–Crippen MR) is 154 cm³/mol. The number of H-pyrrole nitrogens is 1. The number of anilines is 1. The summed E-state index contributed by atoms with van der Waals surface area (Å²) in [7, 11) is 0. The third-order valence-electron chi connectivity index (χ3n) is 8.04. The maximum absolute atomic E-state index is 6.41. The first kappa shape index (κ1) is 24.8. The molecule has 2 aromatic carbocycles. The number of nitrogen functional groups attached to an aromatic ring is 1. The third kappa shape index (κ3) is 4.53. The highest BCUT2D eigenvalue weighted by atomic mass is 35.5. The zero-order chi connectivity index (χ0) is 26.5. The number of benzene rings is 2. The second kappa shape index (κ2) is 10.1. The highest BCUT2D eigenvalue weighted by Gasteiger charge is 2.30. The summed E-state index contributed by atoms with van der Waals surface area (Å²) in [4.78, 5) is 19.7. The molecule has 9 nitrogen and oxygen atoms in total. The molecule has 1 aliphatic heterocycles. The number of hydrogen-bond acceptors (Lipinski definition) is 7. The van der Waals surface area contributed by atoms with E-state index in [9.17, 15) is 0 Å². The Kier molecular flexibility index (Phi) is 6.39. The first-order valence-corrected chi connectivity index (χ1v) is 14.1. The summed E-state index contributed by atoms with van der Waals surface area (Å²) in [6.45, 7) is 3.71. The van der Waals surface area contributed by atoms with Gasteiger partial charge in [0.05, 0.1) is 45.7 Å².